The van der Waals surface area contributed by atoms with E-state index >= 15 is 0 Å². The summed E-state index contributed by atoms with van der Waals surface area (Å²) in [6.07, 6.45) is 0. The van der Waals surface area contributed by atoms with Crippen LogP contribution in [0.25, 0.3) is 5.69 Å². The highest BCUT2D eigenvalue weighted by Gasteiger charge is 2.17. The Morgan fingerprint density at radius 3 is 2.77 bits per heavy atom. The Morgan fingerprint density at radius 1 is 1.31 bits per heavy atom. The third kappa shape index (κ3) is 3.82. The third-order valence-electron chi connectivity index (χ3n) is 3.58. The van der Waals surface area contributed by atoms with E-state index in [1.165, 1.54) is 0 Å². The third-order valence-corrected chi connectivity index (χ3v) is 3.81. The summed E-state index contributed by atoms with van der Waals surface area (Å²) >= 11 is 6.00. The van der Waals surface area contributed by atoms with Crippen LogP contribution in [0, 0.1) is 18.3 Å². The summed E-state index contributed by atoms with van der Waals surface area (Å²) in [5, 5.41) is 19.8. The molecule has 2 aromatic carbocycles. The van der Waals surface area contributed by atoms with Crippen LogP contribution in [0.1, 0.15) is 16.2 Å². The topological polar surface area (TPSA) is 92.8 Å². The molecule has 0 aliphatic carbocycles. The lowest BCUT2D eigenvalue weighted by Gasteiger charge is -2.06. The van der Waals surface area contributed by atoms with E-state index in [4.69, 9.17) is 21.6 Å². The molecule has 1 amide bonds. The summed E-state index contributed by atoms with van der Waals surface area (Å²) in [7, 11) is 0. The van der Waals surface area contributed by atoms with Gasteiger partial charge in [0.25, 0.3) is 5.91 Å². The number of nitriles is 1. The number of anilines is 1. The normalized spacial score (nSPS) is 10.2. The number of nitrogens with one attached hydrogen (secondary N) is 1. The highest BCUT2D eigenvalue weighted by Crippen LogP contribution is 2.19. The lowest BCUT2D eigenvalue weighted by molar-refractivity contribution is 0.102. The zero-order valence-electron chi connectivity index (χ0n) is 13.8. The fourth-order valence-electron chi connectivity index (χ4n) is 2.33. The smallest absolute Gasteiger partial charge is 0.278 e. The summed E-state index contributed by atoms with van der Waals surface area (Å²) in [6.45, 7) is 1.73. The molecule has 130 valence electrons. The van der Waals surface area contributed by atoms with Crippen molar-refractivity contribution in [2.45, 2.75) is 6.92 Å². The second-order valence-electron chi connectivity index (χ2n) is 5.34. The van der Waals surface area contributed by atoms with Gasteiger partial charge in [0.15, 0.2) is 12.3 Å². The predicted octanol–water partition coefficient (Wildman–Crippen LogP) is 3.38. The van der Waals surface area contributed by atoms with Crippen LogP contribution in [0.3, 0.4) is 0 Å². The molecule has 0 bridgehead atoms. The van der Waals surface area contributed by atoms with Gasteiger partial charge in [-0.05, 0) is 49.4 Å². The zero-order valence-corrected chi connectivity index (χ0v) is 14.6. The lowest BCUT2D eigenvalue weighted by atomic mass is 10.2. The molecule has 3 aromatic rings. The van der Waals surface area contributed by atoms with Gasteiger partial charge in [-0.3, -0.25) is 4.79 Å². The first-order valence-electron chi connectivity index (χ1n) is 7.68. The molecule has 1 aromatic heterocycles. The average Bonchev–Trinajstić information content (AvgIpc) is 3.03. The Labute approximate surface area is 154 Å². The van der Waals surface area contributed by atoms with Gasteiger partial charge in [0.05, 0.1) is 11.4 Å². The Balaban J connectivity index is 1.76. The molecule has 3 rings (SSSR count). The molecular formula is C18H14ClN5O2. The Bertz CT molecular complexity index is 976. The van der Waals surface area contributed by atoms with Crippen LogP contribution in [0.5, 0.6) is 5.75 Å². The summed E-state index contributed by atoms with van der Waals surface area (Å²) in [4.78, 5) is 12.5. The van der Waals surface area contributed by atoms with Crippen molar-refractivity contribution in [1.29, 1.82) is 5.26 Å². The number of carbonyl (C=O) groups excluding carboxylic acids is 1. The number of hydrogen-bond acceptors (Lipinski definition) is 5. The van der Waals surface area contributed by atoms with E-state index in [0.29, 0.717) is 22.2 Å². The molecule has 26 heavy (non-hydrogen) atoms. The molecule has 1 N–H and O–H groups in total. The van der Waals surface area contributed by atoms with Crippen molar-refractivity contribution in [2.75, 3.05) is 11.9 Å². The summed E-state index contributed by atoms with van der Waals surface area (Å²) in [6, 6.07) is 15.7. The van der Waals surface area contributed by atoms with E-state index in [0.717, 1.165) is 5.69 Å². The van der Waals surface area contributed by atoms with Gasteiger partial charge in [-0.1, -0.05) is 22.9 Å². The molecule has 0 unspecified atom stereocenters. The first kappa shape index (κ1) is 17.5. The maximum Gasteiger partial charge on any atom is 0.278 e. The molecule has 0 saturated heterocycles. The van der Waals surface area contributed by atoms with E-state index in [9.17, 15) is 4.79 Å². The number of carbonyl (C=O) groups is 1. The van der Waals surface area contributed by atoms with E-state index in [1.807, 2.05) is 12.1 Å². The summed E-state index contributed by atoms with van der Waals surface area (Å²) in [5.41, 5.74) is 2.12. The summed E-state index contributed by atoms with van der Waals surface area (Å²) in [5.74, 6) is 0.175. The minimum atomic E-state index is -0.374. The number of hydrogen-bond donors (Lipinski definition) is 1. The predicted molar refractivity (Wildman–Crippen MR) is 96.6 cm³/mol. The second kappa shape index (κ2) is 7.68. The first-order valence-corrected chi connectivity index (χ1v) is 8.05. The van der Waals surface area contributed by atoms with Crippen molar-refractivity contribution >= 4 is 23.2 Å². The van der Waals surface area contributed by atoms with Gasteiger partial charge in [0.2, 0.25) is 0 Å². The number of rotatable bonds is 5. The minimum Gasteiger partial charge on any atom is -0.479 e. The van der Waals surface area contributed by atoms with E-state index in [-0.39, 0.29) is 18.2 Å². The Hall–Kier alpha value is -3.37. The van der Waals surface area contributed by atoms with Gasteiger partial charge < -0.3 is 10.1 Å². The molecule has 0 aliphatic heterocycles. The zero-order chi connectivity index (χ0) is 18.5. The van der Waals surface area contributed by atoms with Crippen molar-refractivity contribution < 1.29 is 9.53 Å². The second-order valence-corrected chi connectivity index (χ2v) is 5.78. The SMILES string of the molecule is Cc1c(C(=O)Nc2ccc(OCC#N)cc2)nnn1-c1cccc(Cl)c1. The van der Waals surface area contributed by atoms with Gasteiger partial charge in [-0.25, -0.2) is 4.68 Å². The fourth-order valence-corrected chi connectivity index (χ4v) is 2.52. The van der Waals surface area contributed by atoms with Crippen LogP contribution < -0.4 is 10.1 Å². The highest BCUT2D eigenvalue weighted by atomic mass is 35.5. The largest absolute Gasteiger partial charge is 0.479 e. The van der Waals surface area contributed by atoms with Crippen LogP contribution in [0.2, 0.25) is 5.02 Å². The van der Waals surface area contributed by atoms with Gasteiger partial charge >= 0.3 is 0 Å². The molecule has 8 heteroatoms. The number of amides is 1. The van der Waals surface area contributed by atoms with Gasteiger partial charge in [-0.15, -0.1) is 5.10 Å². The average molecular weight is 368 g/mol. The van der Waals surface area contributed by atoms with Crippen LogP contribution in [0.15, 0.2) is 48.5 Å². The molecular weight excluding hydrogens is 354 g/mol. The Morgan fingerprint density at radius 2 is 2.08 bits per heavy atom. The van der Waals surface area contributed by atoms with Gasteiger partial charge in [-0.2, -0.15) is 5.26 Å². The molecule has 0 radical (unpaired) electrons. The molecule has 0 saturated carbocycles. The molecule has 1 heterocycles. The molecule has 0 atom stereocenters. The highest BCUT2D eigenvalue weighted by molar-refractivity contribution is 6.30. The molecule has 0 spiro atoms. The maximum absolute atomic E-state index is 12.5. The number of halogens is 1. The van der Waals surface area contributed by atoms with Crippen molar-refractivity contribution in [2.24, 2.45) is 0 Å². The molecule has 0 fully saturated rings. The monoisotopic (exact) mass is 367 g/mol. The quantitative estimate of drug-likeness (QED) is 0.746. The fraction of sp³-hybridized carbons (Fsp3) is 0.111. The van der Waals surface area contributed by atoms with E-state index < -0.39 is 0 Å². The summed E-state index contributed by atoms with van der Waals surface area (Å²) < 4.78 is 6.73. The maximum atomic E-state index is 12.5. The van der Waals surface area contributed by atoms with E-state index in [1.54, 1.807) is 54.1 Å². The number of ether oxygens (including phenoxy) is 1. The number of aromatic nitrogens is 3. The van der Waals surface area contributed by atoms with E-state index in [2.05, 4.69) is 15.6 Å². The van der Waals surface area contributed by atoms with Crippen LogP contribution in [0.4, 0.5) is 5.69 Å². The first-order chi connectivity index (χ1) is 12.6. The number of nitrogens with zero attached hydrogens (tertiary/aromatic N) is 4. The lowest BCUT2D eigenvalue weighted by Crippen LogP contribution is -2.14. The van der Waals surface area contributed by atoms with Gasteiger partial charge in [0.1, 0.15) is 11.8 Å². The van der Waals surface area contributed by atoms with Crippen LogP contribution in [-0.4, -0.2) is 27.5 Å². The standard InChI is InChI=1S/C18H14ClN5O2/c1-12-17(22-23-24(12)15-4-2-3-13(19)11-15)18(25)21-14-5-7-16(8-6-14)26-10-9-20/h2-8,11H,10H2,1H3,(H,21,25). The van der Waals surface area contributed by atoms with Crippen molar-refractivity contribution in [3.63, 3.8) is 0 Å². The Kier molecular flexibility index (Phi) is 5.15. The molecule has 0 aliphatic rings. The minimum absolute atomic E-state index is 0.0303. The van der Waals surface area contributed by atoms with Crippen LogP contribution >= 0.6 is 11.6 Å². The molecule has 7 nitrogen and oxygen atoms in total. The van der Waals surface area contributed by atoms with Gasteiger partial charge in [0, 0.05) is 10.7 Å². The van der Waals surface area contributed by atoms with Crippen molar-refractivity contribution in [3.05, 3.63) is 64.9 Å². The van der Waals surface area contributed by atoms with Crippen molar-refractivity contribution in [1.82, 2.24) is 15.0 Å². The van der Waals surface area contributed by atoms with Crippen LogP contribution in [-0.2, 0) is 0 Å². The van der Waals surface area contributed by atoms with Crippen molar-refractivity contribution in [3.8, 4) is 17.5 Å². The number of benzene rings is 2.